The summed E-state index contributed by atoms with van der Waals surface area (Å²) < 4.78 is 0. The van der Waals surface area contributed by atoms with E-state index >= 15 is 0 Å². The lowest BCUT2D eigenvalue weighted by Gasteiger charge is -2.03. The van der Waals surface area contributed by atoms with Crippen molar-refractivity contribution in [2.24, 2.45) is 0 Å². The lowest BCUT2D eigenvalue weighted by molar-refractivity contribution is 0.102. The van der Waals surface area contributed by atoms with Gasteiger partial charge in [-0.2, -0.15) is 4.98 Å². The number of amides is 1. The number of benzene rings is 2. The lowest BCUT2D eigenvalue weighted by Crippen LogP contribution is -2.12. The molecule has 0 aliphatic rings. The van der Waals surface area contributed by atoms with Crippen LogP contribution in [0.1, 0.15) is 10.4 Å². The van der Waals surface area contributed by atoms with Gasteiger partial charge in [-0.1, -0.05) is 30.3 Å². The molecule has 0 aliphatic carbocycles. The van der Waals surface area contributed by atoms with E-state index in [-0.39, 0.29) is 17.8 Å². The van der Waals surface area contributed by atoms with E-state index in [2.05, 4.69) is 20.5 Å². The Labute approximate surface area is 108 Å². The number of fused-ring (bicyclic) bond motifs is 1. The van der Waals surface area contributed by atoms with E-state index in [0.717, 1.165) is 10.8 Å². The molecule has 3 aromatic rings. The molecule has 4 N–H and O–H groups in total. The van der Waals surface area contributed by atoms with Crippen molar-refractivity contribution in [3.63, 3.8) is 0 Å². The van der Waals surface area contributed by atoms with Crippen molar-refractivity contribution in [3.8, 4) is 0 Å². The largest absolute Gasteiger partial charge is 0.368 e. The van der Waals surface area contributed by atoms with Gasteiger partial charge in [0.1, 0.15) is 0 Å². The summed E-state index contributed by atoms with van der Waals surface area (Å²) in [6, 6.07) is 13.3. The van der Waals surface area contributed by atoms with Crippen LogP contribution in [0.3, 0.4) is 0 Å². The molecule has 1 aromatic heterocycles. The number of carbonyl (C=O) groups excluding carboxylic acids is 1. The number of hydrogen-bond donors (Lipinski definition) is 3. The minimum absolute atomic E-state index is 0.161. The standard InChI is InChI=1S/C13H11N5O/c14-12-16-13(18-17-12)15-11(19)10-6-5-8-3-1-2-4-9(8)7-10/h1-7H,(H4,14,15,16,17,18,19). The van der Waals surface area contributed by atoms with Crippen LogP contribution in [-0.4, -0.2) is 21.1 Å². The molecule has 6 heteroatoms. The van der Waals surface area contributed by atoms with Gasteiger partial charge >= 0.3 is 0 Å². The molecule has 0 fully saturated rings. The summed E-state index contributed by atoms with van der Waals surface area (Å²) in [5.74, 6) is 0.0502. The first-order valence-corrected chi connectivity index (χ1v) is 5.70. The number of nitrogens with two attached hydrogens (primary N) is 1. The zero-order valence-corrected chi connectivity index (χ0v) is 9.92. The Balaban J connectivity index is 1.89. The first-order valence-electron chi connectivity index (χ1n) is 5.70. The quantitative estimate of drug-likeness (QED) is 0.648. The van der Waals surface area contributed by atoms with E-state index in [1.165, 1.54) is 0 Å². The number of nitrogens with zero attached hydrogens (tertiary/aromatic N) is 2. The molecule has 0 saturated heterocycles. The van der Waals surface area contributed by atoms with Gasteiger partial charge in [0.15, 0.2) is 0 Å². The molecule has 2 aromatic carbocycles. The van der Waals surface area contributed by atoms with Crippen LogP contribution in [0.2, 0.25) is 0 Å². The van der Waals surface area contributed by atoms with Crippen molar-refractivity contribution in [3.05, 3.63) is 48.0 Å². The topological polar surface area (TPSA) is 96.7 Å². The second-order valence-electron chi connectivity index (χ2n) is 4.06. The Morgan fingerprint density at radius 1 is 1.16 bits per heavy atom. The predicted molar refractivity (Wildman–Crippen MR) is 72.7 cm³/mol. The summed E-state index contributed by atoms with van der Waals surface area (Å²) in [4.78, 5) is 15.8. The van der Waals surface area contributed by atoms with Gasteiger partial charge in [-0.05, 0) is 22.9 Å². The molecule has 19 heavy (non-hydrogen) atoms. The maximum Gasteiger partial charge on any atom is 0.258 e. The number of carbonyl (C=O) groups is 1. The summed E-state index contributed by atoms with van der Waals surface area (Å²) >= 11 is 0. The number of aromatic nitrogens is 3. The first kappa shape index (κ1) is 11.2. The molecule has 0 aliphatic heterocycles. The molecule has 0 atom stereocenters. The monoisotopic (exact) mass is 253 g/mol. The third kappa shape index (κ3) is 2.23. The molecule has 1 amide bonds. The summed E-state index contributed by atoms with van der Waals surface area (Å²) in [7, 11) is 0. The second kappa shape index (κ2) is 4.41. The molecule has 0 spiro atoms. The Hall–Kier alpha value is -2.89. The van der Waals surface area contributed by atoms with Gasteiger partial charge in [0, 0.05) is 5.56 Å². The number of hydrogen-bond acceptors (Lipinski definition) is 4. The van der Waals surface area contributed by atoms with Crippen LogP contribution in [0.5, 0.6) is 0 Å². The van der Waals surface area contributed by atoms with E-state index < -0.39 is 0 Å². The fourth-order valence-electron chi connectivity index (χ4n) is 1.83. The fraction of sp³-hybridized carbons (Fsp3) is 0. The van der Waals surface area contributed by atoms with Crippen molar-refractivity contribution in [2.75, 3.05) is 11.1 Å². The average Bonchev–Trinajstić information content (AvgIpc) is 2.83. The zero-order valence-electron chi connectivity index (χ0n) is 9.92. The number of nitrogens with one attached hydrogen (secondary N) is 2. The smallest absolute Gasteiger partial charge is 0.258 e. The third-order valence-corrected chi connectivity index (χ3v) is 2.74. The fourth-order valence-corrected chi connectivity index (χ4v) is 1.83. The Morgan fingerprint density at radius 2 is 1.95 bits per heavy atom. The van der Waals surface area contributed by atoms with Crippen molar-refractivity contribution in [1.29, 1.82) is 0 Å². The molecule has 0 saturated carbocycles. The molecule has 0 bridgehead atoms. The van der Waals surface area contributed by atoms with Gasteiger partial charge in [-0.3, -0.25) is 10.1 Å². The highest BCUT2D eigenvalue weighted by molar-refractivity contribution is 6.05. The molecule has 6 nitrogen and oxygen atoms in total. The summed E-state index contributed by atoms with van der Waals surface area (Å²) in [5, 5.41) is 10.9. The van der Waals surface area contributed by atoms with Gasteiger partial charge in [-0.15, -0.1) is 5.10 Å². The van der Waals surface area contributed by atoms with Crippen molar-refractivity contribution in [2.45, 2.75) is 0 Å². The highest BCUT2D eigenvalue weighted by Gasteiger charge is 2.09. The van der Waals surface area contributed by atoms with Crippen LogP contribution in [0, 0.1) is 0 Å². The predicted octanol–water partition coefficient (Wildman–Crippen LogP) is 1.79. The number of aromatic amines is 1. The number of H-pyrrole nitrogens is 1. The van der Waals surface area contributed by atoms with Crippen LogP contribution < -0.4 is 11.1 Å². The SMILES string of the molecule is Nc1nc(NC(=O)c2ccc3ccccc3c2)n[nH]1. The molecule has 0 radical (unpaired) electrons. The molecule has 3 rings (SSSR count). The van der Waals surface area contributed by atoms with Crippen LogP contribution in [0.4, 0.5) is 11.9 Å². The summed E-state index contributed by atoms with van der Waals surface area (Å²) in [6.45, 7) is 0. The van der Waals surface area contributed by atoms with E-state index in [9.17, 15) is 4.79 Å². The van der Waals surface area contributed by atoms with Gasteiger partial charge in [-0.25, -0.2) is 5.10 Å². The molecule has 94 valence electrons. The van der Waals surface area contributed by atoms with E-state index in [0.29, 0.717) is 5.56 Å². The molecular weight excluding hydrogens is 242 g/mol. The molecule has 0 unspecified atom stereocenters. The normalized spacial score (nSPS) is 10.5. The first-order chi connectivity index (χ1) is 9.22. The van der Waals surface area contributed by atoms with Gasteiger partial charge in [0.05, 0.1) is 0 Å². The Kier molecular flexibility index (Phi) is 2.60. The van der Waals surface area contributed by atoms with Crippen LogP contribution >= 0.6 is 0 Å². The van der Waals surface area contributed by atoms with Crippen LogP contribution in [-0.2, 0) is 0 Å². The minimum Gasteiger partial charge on any atom is -0.368 e. The second-order valence-corrected chi connectivity index (χ2v) is 4.06. The van der Waals surface area contributed by atoms with Crippen LogP contribution in [0.15, 0.2) is 42.5 Å². The lowest BCUT2D eigenvalue weighted by atomic mass is 10.1. The maximum absolute atomic E-state index is 12.0. The van der Waals surface area contributed by atoms with Gasteiger partial charge in [0.2, 0.25) is 5.95 Å². The summed E-state index contributed by atoms with van der Waals surface area (Å²) in [5.41, 5.74) is 5.93. The van der Waals surface area contributed by atoms with Crippen LogP contribution in [0.25, 0.3) is 10.8 Å². The van der Waals surface area contributed by atoms with Crippen molar-refractivity contribution < 1.29 is 4.79 Å². The van der Waals surface area contributed by atoms with E-state index in [1.54, 1.807) is 6.07 Å². The summed E-state index contributed by atoms with van der Waals surface area (Å²) in [6.07, 6.45) is 0. The Morgan fingerprint density at radius 3 is 2.68 bits per heavy atom. The average molecular weight is 253 g/mol. The molecular formula is C13H11N5O. The number of nitrogen functional groups attached to an aromatic ring is 1. The highest BCUT2D eigenvalue weighted by atomic mass is 16.1. The van der Waals surface area contributed by atoms with E-state index in [4.69, 9.17) is 5.73 Å². The molecule has 1 heterocycles. The number of anilines is 2. The highest BCUT2D eigenvalue weighted by Crippen LogP contribution is 2.16. The minimum atomic E-state index is -0.273. The van der Waals surface area contributed by atoms with Gasteiger partial charge < -0.3 is 5.73 Å². The van der Waals surface area contributed by atoms with E-state index in [1.807, 2.05) is 36.4 Å². The van der Waals surface area contributed by atoms with Crippen molar-refractivity contribution in [1.82, 2.24) is 15.2 Å². The maximum atomic E-state index is 12.0. The van der Waals surface area contributed by atoms with Crippen molar-refractivity contribution >= 4 is 28.6 Å². The zero-order chi connectivity index (χ0) is 13.2. The number of rotatable bonds is 2. The van der Waals surface area contributed by atoms with Gasteiger partial charge in [0.25, 0.3) is 11.9 Å². The Bertz CT molecular complexity index is 749. The third-order valence-electron chi connectivity index (χ3n) is 2.74.